The second-order valence-corrected chi connectivity index (χ2v) is 5.14. The number of benzene rings is 1. The number of H-pyrrole nitrogens is 3. The van der Waals surface area contributed by atoms with Crippen LogP contribution >= 0.6 is 0 Å². The predicted molar refractivity (Wildman–Crippen MR) is 87.9 cm³/mol. The van der Waals surface area contributed by atoms with E-state index in [1.54, 1.807) is 7.11 Å². The van der Waals surface area contributed by atoms with E-state index in [0.717, 1.165) is 39.7 Å². The molecule has 114 valence electrons. The van der Waals surface area contributed by atoms with Gasteiger partial charge in [-0.2, -0.15) is 10.2 Å². The molecule has 0 unspecified atom stereocenters. The van der Waals surface area contributed by atoms with E-state index in [2.05, 4.69) is 25.4 Å². The number of nitrogens with zero attached hydrogens (tertiary/aromatic N) is 2. The van der Waals surface area contributed by atoms with E-state index >= 15 is 0 Å². The van der Waals surface area contributed by atoms with Crippen LogP contribution < -0.4 is 4.74 Å². The van der Waals surface area contributed by atoms with E-state index in [1.165, 1.54) is 0 Å². The number of aromatic amines is 3. The van der Waals surface area contributed by atoms with Crippen LogP contribution in [0.2, 0.25) is 0 Å². The first-order valence-electron chi connectivity index (χ1n) is 7.22. The summed E-state index contributed by atoms with van der Waals surface area (Å²) < 4.78 is 5.20. The lowest BCUT2D eigenvalue weighted by Crippen LogP contribution is -1.85. The van der Waals surface area contributed by atoms with Gasteiger partial charge >= 0.3 is 0 Å². The molecule has 0 fully saturated rings. The molecular weight excluding hydrogens is 290 g/mol. The highest BCUT2D eigenvalue weighted by Crippen LogP contribution is 2.31. The highest BCUT2D eigenvalue weighted by atomic mass is 16.5. The lowest BCUT2D eigenvalue weighted by molar-refractivity contribution is 0.415. The normalized spacial score (nSPS) is 10.8. The van der Waals surface area contributed by atoms with Crippen molar-refractivity contribution in [2.75, 3.05) is 7.11 Å². The SMILES string of the molecule is COc1ccc(-c2cn[nH]c2-c2cc(-c3ccc[nH]3)n[nH]2)cc1. The number of ether oxygens (including phenoxy) is 1. The van der Waals surface area contributed by atoms with Crippen molar-refractivity contribution in [1.82, 2.24) is 25.4 Å². The fourth-order valence-corrected chi connectivity index (χ4v) is 2.56. The average molecular weight is 305 g/mol. The molecule has 0 bridgehead atoms. The molecule has 0 saturated heterocycles. The first-order valence-corrected chi connectivity index (χ1v) is 7.22. The Kier molecular flexibility index (Phi) is 3.20. The van der Waals surface area contributed by atoms with Gasteiger partial charge in [-0.25, -0.2) is 0 Å². The maximum absolute atomic E-state index is 5.20. The summed E-state index contributed by atoms with van der Waals surface area (Å²) in [6.45, 7) is 0. The Balaban J connectivity index is 1.72. The number of nitrogens with one attached hydrogen (secondary N) is 3. The number of rotatable bonds is 4. The molecule has 0 aliphatic rings. The third-order valence-electron chi connectivity index (χ3n) is 3.76. The number of hydrogen-bond acceptors (Lipinski definition) is 3. The van der Waals surface area contributed by atoms with Crippen molar-refractivity contribution in [2.24, 2.45) is 0 Å². The Hall–Kier alpha value is -3.28. The van der Waals surface area contributed by atoms with Crippen molar-refractivity contribution in [2.45, 2.75) is 0 Å². The Labute approximate surface area is 132 Å². The van der Waals surface area contributed by atoms with Gasteiger partial charge in [-0.05, 0) is 35.9 Å². The fourth-order valence-electron chi connectivity index (χ4n) is 2.56. The molecular formula is C17H15N5O. The molecule has 0 aliphatic heterocycles. The van der Waals surface area contributed by atoms with Crippen LogP contribution in [0.15, 0.2) is 54.9 Å². The third kappa shape index (κ3) is 2.40. The lowest BCUT2D eigenvalue weighted by Gasteiger charge is -2.03. The molecule has 4 rings (SSSR count). The van der Waals surface area contributed by atoms with Gasteiger partial charge in [0.15, 0.2) is 0 Å². The zero-order valence-electron chi connectivity index (χ0n) is 12.5. The summed E-state index contributed by atoms with van der Waals surface area (Å²) in [5.41, 5.74) is 5.69. The Bertz CT molecular complexity index is 903. The largest absolute Gasteiger partial charge is 0.497 e. The van der Waals surface area contributed by atoms with Gasteiger partial charge in [0.2, 0.25) is 0 Å². The zero-order valence-corrected chi connectivity index (χ0v) is 12.5. The van der Waals surface area contributed by atoms with Crippen molar-refractivity contribution in [3.05, 3.63) is 54.9 Å². The predicted octanol–water partition coefficient (Wildman–Crippen LogP) is 3.47. The minimum Gasteiger partial charge on any atom is -0.497 e. The van der Waals surface area contributed by atoms with Crippen molar-refractivity contribution in [3.63, 3.8) is 0 Å². The van der Waals surface area contributed by atoms with Crippen LogP contribution in [0.1, 0.15) is 0 Å². The topological polar surface area (TPSA) is 82.4 Å². The molecule has 0 radical (unpaired) electrons. The molecule has 3 aromatic heterocycles. The minimum absolute atomic E-state index is 0.828. The monoisotopic (exact) mass is 305 g/mol. The molecule has 0 aliphatic carbocycles. The standard InChI is InChI=1S/C17H15N5O/c1-23-12-6-4-11(5-7-12)13-10-19-22-17(13)16-9-15(20-21-16)14-3-2-8-18-14/h2-10,18H,1H3,(H,19,22)(H,20,21). The first-order chi connectivity index (χ1) is 11.3. The van der Waals surface area contributed by atoms with E-state index in [9.17, 15) is 0 Å². The van der Waals surface area contributed by atoms with E-state index in [1.807, 2.05) is 54.9 Å². The van der Waals surface area contributed by atoms with Gasteiger partial charge in [0.1, 0.15) is 11.4 Å². The minimum atomic E-state index is 0.828. The Morgan fingerprint density at radius 3 is 2.61 bits per heavy atom. The average Bonchev–Trinajstić information content (AvgIpc) is 3.34. The van der Waals surface area contributed by atoms with Gasteiger partial charge in [-0.15, -0.1) is 0 Å². The zero-order chi connectivity index (χ0) is 15.6. The summed E-state index contributed by atoms with van der Waals surface area (Å²) in [6, 6.07) is 13.8. The molecule has 0 atom stereocenters. The highest BCUT2D eigenvalue weighted by Gasteiger charge is 2.13. The van der Waals surface area contributed by atoms with Crippen LogP contribution in [0.25, 0.3) is 33.9 Å². The second kappa shape index (κ2) is 5.49. The second-order valence-electron chi connectivity index (χ2n) is 5.14. The third-order valence-corrected chi connectivity index (χ3v) is 3.76. The van der Waals surface area contributed by atoms with Crippen LogP contribution in [-0.4, -0.2) is 32.5 Å². The van der Waals surface area contributed by atoms with Gasteiger partial charge in [0, 0.05) is 11.8 Å². The summed E-state index contributed by atoms with van der Waals surface area (Å²) in [5.74, 6) is 0.828. The molecule has 1 aromatic carbocycles. The number of aromatic nitrogens is 5. The Morgan fingerprint density at radius 1 is 1.00 bits per heavy atom. The number of methoxy groups -OCH3 is 1. The van der Waals surface area contributed by atoms with E-state index in [-0.39, 0.29) is 0 Å². The smallest absolute Gasteiger partial charge is 0.118 e. The fraction of sp³-hybridized carbons (Fsp3) is 0.0588. The van der Waals surface area contributed by atoms with Crippen molar-refractivity contribution in [1.29, 1.82) is 0 Å². The van der Waals surface area contributed by atoms with Crippen LogP contribution in [0.3, 0.4) is 0 Å². The maximum atomic E-state index is 5.20. The Morgan fingerprint density at radius 2 is 1.87 bits per heavy atom. The van der Waals surface area contributed by atoms with Crippen molar-refractivity contribution in [3.8, 4) is 39.7 Å². The van der Waals surface area contributed by atoms with Crippen molar-refractivity contribution >= 4 is 0 Å². The van der Waals surface area contributed by atoms with Crippen LogP contribution in [0.5, 0.6) is 5.75 Å². The molecule has 3 N–H and O–H groups in total. The van der Waals surface area contributed by atoms with Gasteiger partial charge in [0.25, 0.3) is 0 Å². The van der Waals surface area contributed by atoms with E-state index in [0.29, 0.717) is 0 Å². The van der Waals surface area contributed by atoms with Gasteiger partial charge in [0.05, 0.1) is 30.4 Å². The van der Waals surface area contributed by atoms with Gasteiger partial charge in [-0.3, -0.25) is 10.2 Å². The first kappa shape index (κ1) is 13.4. The van der Waals surface area contributed by atoms with Crippen LogP contribution in [-0.2, 0) is 0 Å². The van der Waals surface area contributed by atoms with Crippen LogP contribution in [0.4, 0.5) is 0 Å². The molecule has 0 spiro atoms. The van der Waals surface area contributed by atoms with E-state index in [4.69, 9.17) is 4.74 Å². The molecule has 0 saturated carbocycles. The van der Waals surface area contributed by atoms with E-state index < -0.39 is 0 Å². The molecule has 0 amide bonds. The quantitative estimate of drug-likeness (QED) is 0.540. The molecule has 6 nitrogen and oxygen atoms in total. The lowest BCUT2D eigenvalue weighted by atomic mass is 10.0. The highest BCUT2D eigenvalue weighted by molar-refractivity contribution is 5.80. The maximum Gasteiger partial charge on any atom is 0.118 e. The molecule has 6 heteroatoms. The summed E-state index contributed by atoms with van der Waals surface area (Å²) in [5, 5.41) is 14.6. The number of hydrogen-bond donors (Lipinski definition) is 3. The summed E-state index contributed by atoms with van der Waals surface area (Å²) in [6.07, 6.45) is 3.69. The summed E-state index contributed by atoms with van der Waals surface area (Å²) >= 11 is 0. The van der Waals surface area contributed by atoms with Crippen LogP contribution in [0, 0.1) is 0 Å². The summed E-state index contributed by atoms with van der Waals surface area (Å²) in [7, 11) is 1.66. The molecule has 4 aromatic rings. The van der Waals surface area contributed by atoms with Gasteiger partial charge < -0.3 is 9.72 Å². The van der Waals surface area contributed by atoms with Gasteiger partial charge in [-0.1, -0.05) is 12.1 Å². The molecule has 23 heavy (non-hydrogen) atoms. The molecule has 3 heterocycles. The van der Waals surface area contributed by atoms with Crippen molar-refractivity contribution < 1.29 is 4.74 Å². The summed E-state index contributed by atoms with van der Waals surface area (Å²) in [4.78, 5) is 3.15.